The molecule has 0 aliphatic carbocycles. The van der Waals surface area contributed by atoms with Crippen LogP contribution in [0.1, 0.15) is 15.6 Å². The Morgan fingerprint density at radius 2 is 2.33 bits per heavy atom. The molecule has 0 unspecified atom stereocenters. The summed E-state index contributed by atoms with van der Waals surface area (Å²) in [6, 6.07) is 1.89. The third-order valence-corrected chi connectivity index (χ3v) is 2.83. The van der Waals surface area contributed by atoms with Gasteiger partial charge in [0.05, 0.1) is 26.7 Å². The summed E-state index contributed by atoms with van der Waals surface area (Å²) in [5, 5.41) is 9.81. The zero-order valence-electron chi connectivity index (χ0n) is 6.76. The normalized spacial score (nSPS) is 11.3. The standard InChI is InChI=1S/C8H7ClN2S/c1-5-8(7(9)3-4-10)12-6(2)11-5/h3H,1-2H3. The van der Waals surface area contributed by atoms with E-state index < -0.39 is 0 Å². The summed E-state index contributed by atoms with van der Waals surface area (Å²) in [4.78, 5) is 5.08. The molecule has 1 aromatic heterocycles. The number of thiazole rings is 1. The lowest BCUT2D eigenvalue weighted by Crippen LogP contribution is -1.76. The summed E-state index contributed by atoms with van der Waals surface area (Å²) >= 11 is 7.33. The molecule has 0 bridgehead atoms. The van der Waals surface area contributed by atoms with Crippen LogP contribution in [0.25, 0.3) is 5.03 Å². The number of aromatic nitrogens is 1. The number of allylic oxidation sites excluding steroid dienone is 1. The minimum Gasteiger partial charge on any atom is -0.246 e. The molecular weight excluding hydrogens is 192 g/mol. The summed E-state index contributed by atoms with van der Waals surface area (Å²) in [6.45, 7) is 3.80. The van der Waals surface area contributed by atoms with Gasteiger partial charge in [-0.3, -0.25) is 0 Å². The molecule has 0 aromatic carbocycles. The van der Waals surface area contributed by atoms with Crippen molar-refractivity contribution >= 4 is 28.0 Å². The number of nitriles is 1. The van der Waals surface area contributed by atoms with Crippen LogP contribution in [0.15, 0.2) is 6.08 Å². The number of aryl methyl sites for hydroxylation is 2. The largest absolute Gasteiger partial charge is 0.246 e. The predicted molar refractivity (Wildman–Crippen MR) is 51.0 cm³/mol. The fourth-order valence-electron chi connectivity index (χ4n) is 0.875. The highest BCUT2D eigenvalue weighted by Crippen LogP contribution is 2.27. The van der Waals surface area contributed by atoms with E-state index in [2.05, 4.69) is 4.98 Å². The molecule has 1 rings (SSSR count). The summed E-state index contributed by atoms with van der Waals surface area (Å²) < 4.78 is 0. The van der Waals surface area contributed by atoms with Crippen LogP contribution in [0, 0.1) is 25.2 Å². The third-order valence-electron chi connectivity index (χ3n) is 1.31. The molecule has 0 saturated carbocycles. The molecule has 1 aromatic rings. The number of nitrogens with zero attached hydrogens (tertiary/aromatic N) is 2. The van der Waals surface area contributed by atoms with E-state index in [4.69, 9.17) is 16.9 Å². The molecule has 1 heterocycles. The molecule has 0 atom stereocenters. The van der Waals surface area contributed by atoms with Crippen molar-refractivity contribution in [3.63, 3.8) is 0 Å². The Balaban J connectivity index is 3.12. The van der Waals surface area contributed by atoms with Crippen molar-refractivity contribution in [3.8, 4) is 6.07 Å². The van der Waals surface area contributed by atoms with Crippen molar-refractivity contribution < 1.29 is 0 Å². The highest BCUT2D eigenvalue weighted by atomic mass is 35.5. The highest BCUT2D eigenvalue weighted by molar-refractivity contribution is 7.13. The van der Waals surface area contributed by atoms with Gasteiger partial charge in [-0.25, -0.2) is 4.98 Å². The van der Waals surface area contributed by atoms with E-state index in [1.54, 1.807) is 0 Å². The van der Waals surface area contributed by atoms with Crippen LogP contribution in [0.4, 0.5) is 0 Å². The topological polar surface area (TPSA) is 36.7 Å². The van der Waals surface area contributed by atoms with Gasteiger partial charge in [-0.1, -0.05) is 11.6 Å². The Morgan fingerprint density at radius 1 is 1.67 bits per heavy atom. The SMILES string of the molecule is Cc1nc(C)c(C(Cl)=CC#N)s1. The first kappa shape index (κ1) is 9.24. The molecule has 12 heavy (non-hydrogen) atoms. The maximum absolute atomic E-state index is 8.37. The Labute approximate surface area is 80.1 Å². The summed E-state index contributed by atoms with van der Waals surface area (Å²) in [7, 11) is 0. The van der Waals surface area contributed by atoms with Gasteiger partial charge in [0.15, 0.2) is 0 Å². The molecular formula is C8H7ClN2S. The molecule has 2 nitrogen and oxygen atoms in total. The van der Waals surface area contributed by atoms with Crippen LogP contribution in [-0.4, -0.2) is 4.98 Å². The van der Waals surface area contributed by atoms with E-state index in [1.807, 2.05) is 19.9 Å². The fraction of sp³-hybridized carbons (Fsp3) is 0.250. The monoisotopic (exact) mass is 198 g/mol. The van der Waals surface area contributed by atoms with E-state index in [0.29, 0.717) is 5.03 Å². The average molecular weight is 199 g/mol. The number of halogens is 1. The first-order valence-electron chi connectivity index (χ1n) is 3.35. The molecule has 0 amide bonds. The van der Waals surface area contributed by atoms with Gasteiger partial charge in [-0.05, 0) is 13.8 Å². The first-order chi connectivity index (χ1) is 5.65. The molecule has 0 aliphatic heterocycles. The summed E-state index contributed by atoms with van der Waals surface area (Å²) in [6.07, 6.45) is 1.32. The van der Waals surface area contributed by atoms with Crippen molar-refractivity contribution in [1.29, 1.82) is 5.26 Å². The van der Waals surface area contributed by atoms with E-state index in [0.717, 1.165) is 15.6 Å². The van der Waals surface area contributed by atoms with Crippen molar-refractivity contribution in [2.75, 3.05) is 0 Å². The Kier molecular flexibility index (Phi) is 2.85. The molecule has 0 N–H and O–H groups in total. The van der Waals surface area contributed by atoms with E-state index >= 15 is 0 Å². The van der Waals surface area contributed by atoms with Gasteiger partial charge < -0.3 is 0 Å². The second-order valence-electron chi connectivity index (χ2n) is 2.27. The Hall–Kier alpha value is -0.850. The van der Waals surface area contributed by atoms with E-state index in [1.165, 1.54) is 17.4 Å². The van der Waals surface area contributed by atoms with Crippen LogP contribution in [-0.2, 0) is 0 Å². The van der Waals surface area contributed by atoms with Gasteiger partial charge in [0.25, 0.3) is 0 Å². The zero-order chi connectivity index (χ0) is 9.14. The summed E-state index contributed by atoms with van der Waals surface area (Å²) in [5.41, 5.74) is 0.883. The van der Waals surface area contributed by atoms with Crippen molar-refractivity contribution in [2.45, 2.75) is 13.8 Å². The van der Waals surface area contributed by atoms with Gasteiger partial charge in [0.2, 0.25) is 0 Å². The molecule has 0 fully saturated rings. The van der Waals surface area contributed by atoms with E-state index in [9.17, 15) is 0 Å². The van der Waals surface area contributed by atoms with Crippen LogP contribution >= 0.6 is 22.9 Å². The number of hydrogen-bond donors (Lipinski definition) is 0. The lowest BCUT2D eigenvalue weighted by Gasteiger charge is -1.90. The predicted octanol–water partition coefficient (Wildman–Crippen LogP) is 2.86. The van der Waals surface area contributed by atoms with Crippen LogP contribution in [0.5, 0.6) is 0 Å². The number of hydrogen-bond acceptors (Lipinski definition) is 3. The van der Waals surface area contributed by atoms with E-state index in [-0.39, 0.29) is 0 Å². The first-order valence-corrected chi connectivity index (χ1v) is 4.54. The molecule has 62 valence electrons. The van der Waals surface area contributed by atoms with Crippen molar-refractivity contribution in [2.24, 2.45) is 0 Å². The maximum Gasteiger partial charge on any atom is 0.0928 e. The van der Waals surface area contributed by atoms with Crippen LogP contribution < -0.4 is 0 Å². The molecule has 0 radical (unpaired) electrons. The Bertz CT molecular complexity index is 360. The third kappa shape index (κ3) is 1.84. The van der Waals surface area contributed by atoms with Gasteiger partial charge in [0.1, 0.15) is 0 Å². The molecule has 0 aliphatic rings. The van der Waals surface area contributed by atoms with Gasteiger partial charge >= 0.3 is 0 Å². The number of rotatable bonds is 1. The molecule has 4 heteroatoms. The van der Waals surface area contributed by atoms with Crippen LogP contribution in [0.2, 0.25) is 0 Å². The van der Waals surface area contributed by atoms with Gasteiger partial charge in [-0.15, -0.1) is 11.3 Å². The minimum atomic E-state index is 0.473. The highest BCUT2D eigenvalue weighted by Gasteiger charge is 2.07. The zero-order valence-corrected chi connectivity index (χ0v) is 8.33. The smallest absolute Gasteiger partial charge is 0.0928 e. The van der Waals surface area contributed by atoms with Crippen LogP contribution in [0.3, 0.4) is 0 Å². The quantitative estimate of drug-likeness (QED) is 0.651. The second-order valence-corrected chi connectivity index (χ2v) is 3.88. The van der Waals surface area contributed by atoms with Crippen molar-refractivity contribution in [1.82, 2.24) is 4.98 Å². The Morgan fingerprint density at radius 3 is 2.75 bits per heavy atom. The minimum absolute atomic E-state index is 0.473. The van der Waals surface area contributed by atoms with Crippen molar-refractivity contribution in [3.05, 3.63) is 21.7 Å². The lowest BCUT2D eigenvalue weighted by molar-refractivity contribution is 1.19. The van der Waals surface area contributed by atoms with Gasteiger partial charge in [-0.2, -0.15) is 5.26 Å². The lowest BCUT2D eigenvalue weighted by atomic mass is 10.3. The van der Waals surface area contributed by atoms with Gasteiger partial charge in [0, 0.05) is 6.08 Å². The molecule has 0 spiro atoms. The molecule has 0 saturated heterocycles. The second kappa shape index (κ2) is 3.70. The summed E-state index contributed by atoms with van der Waals surface area (Å²) in [5.74, 6) is 0. The average Bonchev–Trinajstić information content (AvgIpc) is 2.30. The maximum atomic E-state index is 8.37. The fourth-order valence-corrected chi connectivity index (χ4v) is 2.00.